The van der Waals surface area contributed by atoms with E-state index in [2.05, 4.69) is 20.4 Å². The molecular formula is C20H12Cl2F3N5O. The number of alkyl halides is 3. The number of rotatable bonds is 4. The van der Waals surface area contributed by atoms with E-state index in [-0.39, 0.29) is 21.4 Å². The van der Waals surface area contributed by atoms with Crippen molar-refractivity contribution in [1.29, 1.82) is 0 Å². The number of hydrogen-bond acceptors (Lipinski definition) is 4. The Hall–Kier alpha value is -3.17. The highest BCUT2D eigenvalue weighted by atomic mass is 35.5. The van der Waals surface area contributed by atoms with Crippen LogP contribution >= 0.6 is 23.2 Å². The number of nitrogens with one attached hydrogen (secondary N) is 1. The number of carbonyl (C=O) groups is 1. The van der Waals surface area contributed by atoms with Gasteiger partial charge in [0.1, 0.15) is 0 Å². The summed E-state index contributed by atoms with van der Waals surface area (Å²) in [6.45, 7) is 0.296. The maximum atomic E-state index is 12.7. The van der Waals surface area contributed by atoms with Gasteiger partial charge >= 0.3 is 6.18 Å². The molecule has 1 aromatic carbocycles. The summed E-state index contributed by atoms with van der Waals surface area (Å²) in [6, 6.07) is 9.48. The van der Waals surface area contributed by atoms with Gasteiger partial charge in [0.2, 0.25) is 0 Å². The lowest BCUT2D eigenvalue weighted by Crippen LogP contribution is -2.14. The van der Waals surface area contributed by atoms with E-state index >= 15 is 0 Å². The van der Waals surface area contributed by atoms with Crippen LogP contribution in [-0.2, 0) is 12.7 Å². The van der Waals surface area contributed by atoms with Crippen molar-refractivity contribution in [3.05, 3.63) is 81.9 Å². The van der Waals surface area contributed by atoms with E-state index in [4.69, 9.17) is 23.2 Å². The lowest BCUT2D eigenvalue weighted by molar-refractivity contribution is -0.137. The van der Waals surface area contributed by atoms with Gasteiger partial charge in [-0.25, -0.2) is 9.67 Å². The van der Waals surface area contributed by atoms with Crippen molar-refractivity contribution in [2.75, 3.05) is 5.32 Å². The number of fused-ring (bicyclic) bond motifs is 1. The molecule has 11 heteroatoms. The van der Waals surface area contributed by atoms with Crippen molar-refractivity contribution in [3.8, 4) is 0 Å². The molecule has 0 atom stereocenters. The largest absolute Gasteiger partial charge is 0.416 e. The number of nitrogens with zero attached hydrogens (tertiary/aromatic N) is 4. The van der Waals surface area contributed by atoms with Crippen molar-refractivity contribution in [2.45, 2.75) is 12.7 Å². The highest BCUT2D eigenvalue weighted by Crippen LogP contribution is 2.33. The molecule has 4 aromatic rings. The minimum atomic E-state index is -4.47. The van der Waals surface area contributed by atoms with Gasteiger partial charge < -0.3 is 5.32 Å². The fourth-order valence-electron chi connectivity index (χ4n) is 2.92. The van der Waals surface area contributed by atoms with Crippen LogP contribution in [0.1, 0.15) is 21.6 Å². The molecule has 4 rings (SSSR count). The van der Waals surface area contributed by atoms with Crippen molar-refractivity contribution in [1.82, 2.24) is 19.7 Å². The summed E-state index contributed by atoms with van der Waals surface area (Å²) in [4.78, 5) is 21.1. The molecule has 1 N–H and O–H groups in total. The topological polar surface area (TPSA) is 72.7 Å². The molecular weight excluding hydrogens is 454 g/mol. The third-order valence-corrected chi connectivity index (χ3v) is 5.06. The standard InChI is InChI=1S/C20H12Cl2F3N5O/c21-16-14(19(31)28-12-6-4-11(5-7-12)20(23,24)25)9-27-18-15(16)17(22)29-30(18)10-13-3-1-2-8-26-13/h1-9H,10H2,(H,28,31). The maximum Gasteiger partial charge on any atom is 0.416 e. The van der Waals surface area contributed by atoms with Gasteiger partial charge in [0, 0.05) is 18.1 Å². The first-order valence-electron chi connectivity index (χ1n) is 8.83. The van der Waals surface area contributed by atoms with Gasteiger partial charge in [-0.3, -0.25) is 9.78 Å². The molecule has 3 aromatic heterocycles. The number of hydrogen-bond donors (Lipinski definition) is 1. The van der Waals surface area contributed by atoms with Gasteiger partial charge in [-0.15, -0.1) is 0 Å². The molecule has 0 aliphatic rings. The van der Waals surface area contributed by atoms with Crippen molar-refractivity contribution in [3.63, 3.8) is 0 Å². The van der Waals surface area contributed by atoms with Gasteiger partial charge in [-0.1, -0.05) is 29.3 Å². The zero-order valence-corrected chi connectivity index (χ0v) is 17.0. The first kappa shape index (κ1) is 21.1. The van der Waals surface area contributed by atoms with Gasteiger partial charge in [0.15, 0.2) is 10.8 Å². The zero-order valence-electron chi connectivity index (χ0n) is 15.5. The van der Waals surface area contributed by atoms with Crippen LogP contribution in [0.2, 0.25) is 10.2 Å². The smallest absolute Gasteiger partial charge is 0.322 e. The lowest BCUT2D eigenvalue weighted by Gasteiger charge is -2.10. The second-order valence-corrected chi connectivity index (χ2v) is 7.22. The van der Waals surface area contributed by atoms with Gasteiger partial charge in [0.25, 0.3) is 5.91 Å². The number of pyridine rings is 2. The van der Waals surface area contributed by atoms with Gasteiger partial charge in [0.05, 0.1) is 33.8 Å². The Bertz CT molecular complexity index is 1260. The SMILES string of the molecule is O=C(Nc1ccc(C(F)(F)F)cc1)c1cnc2c(c(Cl)nn2Cc2ccccn2)c1Cl. The van der Waals surface area contributed by atoms with Crippen LogP contribution < -0.4 is 5.32 Å². The third-order valence-electron chi connectivity index (χ3n) is 4.41. The number of anilines is 1. The Kier molecular flexibility index (Phi) is 5.55. The minimum Gasteiger partial charge on any atom is -0.322 e. The molecule has 0 saturated heterocycles. The quantitative estimate of drug-likeness (QED) is 0.434. The summed E-state index contributed by atoms with van der Waals surface area (Å²) >= 11 is 12.6. The van der Waals surface area contributed by atoms with Crippen LogP contribution in [0.15, 0.2) is 54.9 Å². The average molecular weight is 466 g/mol. The van der Waals surface area contributed by atoms with Crippen molar-refractivity contribution in [2.24, 2.45) is 0 Å². The monoisotopic (exact) mass is 465 g/mol. The van der Waals surface area contributed by atoms with E-state index in [1.165, 1.54) is 10.9 Å². The fourth-order valence-corrected chi connectivity index (χ4v) is 3.54. The highest BCUT2D eigenvalue weighted by Gasteiger charge is 2.30. The molecule has 1 amide bonds. The van der Waals surface area contributed by atoms with Crippen LogP contribution in [0.25, 0.3) is 11.0 Å². The predicted molar refractivity (Wildman–Crippen MR) is 110 cm³/mol. The highest BCUT2D eigenvalue weighted by molar-refractivity contribution is 6.43. The summed E-state index contributed by atoms with van der Waals surface area (Å²) in [6.07, 6.45) is -1.56. The van der Waals surface area contributed by atoms with E-state index in [1.807, 2.05) is 12.1 Å². The molecule has 158 valence electrons. The van der Waals surface area contributed by atoms with Crippen LogP contribution in [0.5, 0.6) is 0 Å². The summed E-state index contributed by atoms with van der Waals surface area (Å²) in [5.74, 6) is -0.646. The van der Waals surface area contributed by atoms with Gasteiger partial charge in [-0.2, -0.15) is 18.3 Å². The first-order valence-corrected chi connectivity index (χ1v) is 9.58. The molecule has 0 spiro atoms. The van der Waals surface area contributed by atoms with Crippen LogP contribution in [0, 0.1) is 0 Å². The Labute approximate surface area is 183 Å². The van der Waals surface area contributed by atoms with E-state index in [9.17, 15) is 18.0 Å². The Morgan fingerprint density at radius 3 is 2.45 bits per heavy atom. The molecule has 3 heterocycles. The van der Waals surface area contributed by atoms with Crippen molar-refractivity contribution >= 4 is 45.8 Å². The van der Waals surface area contributed by atoms with Gasteiger partial charge in [-0.05, 0) is 36.4 Å². The molecule has 0 bridgehead atoms. The molecule has 0 fully saturated rings. The molecule has 0 aliphatic heterocycles. The van der Waals surface area contributed by atoms with E-state index in [0.717, 1.165) is 30.0 Å². The van der Waals surface area contributed by atoms with E-state index < -0.39 is 17.6 Å². The summed E-state index contributed by atoms with van der Waals surface area (Å²) in [7, 11) is 0. The second kappa shape index (κ2) is 8.16. The minimum absolute atomic E-state index is 0.00773. The first-order chi connectivity index (χ1) is 14.7. The van der Waals surface area contributed by atoms with E-state index in [1.54, 1.807) is 12.3 Å². The summed E-state index contributed by atoms with van der Waals surface area (Å²) in [5, 5.41) is 7.11. The van der Waals surface area contributed by atoms with Crippen LogP contribution in [0.3, 0.4) is 0 Å². The maximum absolute atomic E-state index is 12.7. The normalized spacial score (nSPS) is 11.6. The van der Waals surface area contributed by atoms with Crippen molar-refractivity contribution < 1.29 is 18.0 Å². The predicted octanol–water partition coefficient (Wildman–Crippen LogP) is 5.45. The molecule has 31 heavy (non-hydrogen) atoms. The fraction of sp³-hybridized carbons (Fsp3) is 0.100. The number of amides is 1. The molecule has 6 nitrogen and oxygen atoms in total. The lowest BCUT2D eigenvalue weighted by atomic mass is 10.2. The van der Waals surface area contributed by atoms with E-state index in [0.29, 0.717) is 17.6 Å². The molecule has 0 unspecified atom stereocenters. The number of carbonyl (C=O) groups excluding carboxylic acids is 1. The Morgan fingerprint density at radius 1 is 1.06 bits per heavy atom. The van der Waals surface area contributed by atoms with Crippen LogP contribution in [0.4, 0.5) is 18.9 Å². The number of benzene rings is 1. The number of aromatic nitrogens is 4. The molecule has 0 saturated carbocycles. The summed E-state index contributed by atoms with van der Waals surface area (Å²) < 4.78 is 39.6. The number of halogens is 5. The average Bonchev–Trinajstić information content (AvgIpc) is 3.04. The third kappa shape index (κ3) is 4.33. The molecule has 0 radical (unpaired) electrons. The summed E-state index contributed by atoms with van der Waals surface area (Å²) in [5.41, 5.74) is 0.454. The molecule has 0 aliphatic carbocycles. The second-order valence-electron chi connectivity index (χ2n) is 6.48. The van der Waals surface area contributed by atoms with Crippen LogP contribution in [-0.4, -0.2) is 25.7 Å². The Morgan fingerprint density at radius 2 is 1.81 bits per heavy atom. The zero-order chi connectivity index (χ0) is 22.2. The Balaban J connectivity index is 1.62.